The van der Waals surface area contributed by atoms with Gasteiger partial charge in [-0.15, -0.1) is 0 Å². The van der Waals surface area contributed by atoms with Crippen LogP contribution >= 0.6 is 0 Å². The Kier molecular flexibility index (Phi) is 5.74. The summed E-state index contributed by atoms with van der Waals surface area (Å²) in [6.45, 7) is 1.18. The Balaban J connectivity index is 1.27. The number of nitrogens with one attached hydrogen (secondary N) is 1. The van der Waals surface area contributed by atoms with E-state index in [4.69, 9.17) is 0 Å². The Morgan fingerprint density at radius 3 is 2.70 bits per heavy atom. The minimum absolute atomic E-state index is 0.0564. The van der Waals surface area contributed by atoms with Gasteiger partial charge in [0, 0.05) is 51.3 Å². The number of aromatic amines is 1. The molecule has 0 unspecified atom stereocenters. The number of piperidine rings is 1. The third-order valence-electron chi connectivity index (χ3n) is 5.73. The molecule has 156 valence electrons. The average Bonchev–Trinajstić information content (AvgIpc) is 3.19. The molecule has 0 aliphatic carbocycles. The number of aromatic nitrogens is 4. The lowest BCUT2D eigenvalue weighted by atomic mass is 9.92. The predicted octanol–water partition coefficient (Wildman–Crippen LogP) is 2.10. The number of hydrogen-bond acceptors (Lipinski definition) is 5. The van der Waals surface area contributed by atoms with Crippen molar-refractivity contribution in [1.29, 1.82) is 0 Å². The maximum atomic E-state index is 12.6. The van der Waals surface area contributed by atoms with Gasteiger partial charge in [-0.05, 0) is 31.4 Å². The Labute approximate surface area is 174 Å². The zero-order valence-corrected chi connectivity index (χ0v) is 17.0. The molecule has 0 atom stereocenters. The number of ketones is 1. The van der Waals surface area contributed by atoms with Crippen molar-refractivity contribution in [3.8, 4) is 0 Å². The van der Waals surface area contributed by atoms with Crippen LogP contribution in [0.5, 0.6) is 0 Å². The summed E-state index contributed by atoms with van der Waals surface area (Å²) in [6.07, 6.45) is 6.28. The number of aryl methyl sites for hydroxylation is 2. The van der Waals surface area contributed by atoms with Gasteiger partial charge in [0.15, 0.2) is 5.82 Å². The highest BCUT2D eigenvalue weighted by Crippen LogP contribution is 2.22. The lowest BCUT2D eigenvalue weighted by molar-refractivity contribution is -0.132. The fourth-order valence-corrected chi connectivity index (χ4v) is 4.00. The third-order valence-corrected chi connectivity index (χ3v) is 5.73. The lowest BCUT2D eigenvalue weighted by Crippen LogP contribution is -2.40. The van der Waals surface area contributed by atoms with Crippen LogP contribution in [0.4, 0.5) is 0 Å². The minimum atomic E-state index is -0.152. The van der Waals surface area contributed by atoms with Crippen molar-refractivity contribution in [1.82, 2.24) is 24.4 Å². The highest BCUT2D eigenvalue weighted by molar-refractivity contribution is 5.95. The van der Waals surface area contributed by atoms with Crippen LogP contribution < -0.4 is 5.56 Å². The summed E-state index contributed by atoms with van der Waals surface area (Å²) in [4.78, 5) is 50.5. The number of amides is 1. The summed E-state index contributed by atoms with van der Waals surface area (Å²) in [5, 5.41) is 0.570. The van der Waals surface area contributed by atoms with Gasteiger partial charge in [0.05, 0.1) is 10.9 Å². The van der Waals surface area contributed by atoms with Crippen LogP contribution in [0.1, 0.15) is 42.1 Å². The van der Waals surface area contributed by atoms with Crippen molar-refractivity contribution in [3.05, 3.63) is 58.7 Å². The number of carbonyl (C=O) groups excluding carboxylic acids is 2. The number of Topliss-reactive ketones (excluding diaryl/α,β-unsaturated/α-hetero) is 1. The fourth-order valence-electron chi connectivity index (χ4n) is 4.00. The monoisotopic (exact) mass is 407 g/mol. The van der Waals surface area contributed by atoms with E-state index >= 15 is 0 Å². The summed E-state index contributed by atoms with van der Waals surface area (Å²) in [5.41, 5.74) is 0.517. The Morgan fingerprint density at radius 1 is 1.20 bits per heavy atom. The largest absolute Gasteiger partial charge is 0.343 e. The van der Waals surface area contributed by atoms with Crippen LogP contribution in [0, 0.1) is 5.92 Å². The molecule has 1 aromatic carbocycles. The SMILES string of the molecule is Cn1ccnc1C(=O)C1CCN(C(=O)CCCc2nc3ccccc3c(=O)[nH]2)CC1. The second-order valence-corrected chi connectivity index (χ2v) is 7.76. The van der Waals surface area contributed by atoms with Crippen LogP contribution in [-0.2, 0) is 18.3 Å². The third kappa shape index (κ3) is 4.17. The van der Waals surface area contributed by atoms with Crippen LogP contribution in [-0.4, -0.2) is 49.2 Å². The fraction of sp³-hybridized carbons (Fsp3) is 0.409. The number of nitrogens with zero attached hydrogens (tertiary/aromatic N) is 4. The van der Waals surface area contributed by atoms with Gasteiger partial charge in [-0.1, -0.05) is 12.1 Å². The van der Waals surface area contributed by atoms with E-state index in [-0.39, 0.29) is 23.2 Å². The molecule has 0 saturated carbocycles. The Hall–Kier alpha value is -3.29. The standard InChI is InChI=1S/C22H25N5O3/c1-26-14-11-23-21(26)20(29)15-9-12-27(13-10-15)19(28)8-4-7-18-24-17-6-3-2-5-16(17)22(30)25-18/h2-3,5-6,11,14-15H,4,7-10,12-13H2,1H3,(H,24,25,30). The first-order valence-corrected chi connectivity index (χ1v) is 10.3. The summed E-state index contributed by atoms with van der Waals surface area (Å²) >= 11 is 0. The molecule has 1 amide bonds. The number of H-pyrrole nitrogens is 1. The summed E-state index contributed by atoms with van der Waals surface area (Å²) in [7, 11) is 1.82. The molecule has 30 heavy (non-hydrogen) atoms. The number of hydrogen-bond donors (Lipinski definition) is 1. The van der Waals surface area contributed by atoms with Crippen molar-refractivity contribution in [2.75, 3.05) is 13.1 Å². The number of carbonyl (C=O) groups is 2. The van der Waals surface area contributed by atoms with Crippen LogP contribution in [0.15, 0.2) is 41.5 Å². The molecule has 1 aliphatic rings. The number of para-hydroxylation sites is 1. The zero-order valence-electron chi connectivity index (χ0n) is 17.0. The lowest BCUT2D eigenvalue weighted by Gasteiger charge is -2.31. The molecule has 1 saturated heterocycles. The van der Waals surface area contributed by atoms with Crippen LogP contribution in [0.3, 0.4) is 0 Å². The highest BCUT2D eigenvalue weighted by atomic mass is 16.2. The highest BCUT2D eigenvalue weighted by Gasteiger charge is 2.29. The van der Waals surface area contributed by atoms with Gasteiger partial charge in [0.2, 0.25) is 11.7 Å². The quantitative estimate of drug-likeness (QED) is 0.631. The first-order valence-electron chi connectivity index (χ1n) is 10.3. The Bertz CT molecular complexity index is 1130. The topological polar surface area (TPSA) is 101 Å². The number of imidazole rings is 1. The molecular formula is C22H25N5O3. The Morgan fingerprint density at radius 2 is 1.97 bits per heavy atom. The van der Waals surface area contributed by atoms with Gasteiger partial charge in [0.1, 0.15) is 5.82 Å². The number of rotatable bonds is 6. The van der Waals surface area contributed by atoms with E-state index in [1.807, 2.05) is 30.1 Å². The van der Waals surface area contributed by atoms with Crippen molar-refractivity contribution >= 4 is 22.6 Å². The molecule has 3 aromatic rings. The molecule has 8 nitrogen and oxygen atoms in total. The molecule has 3 heterocycles. The summed E-state index contributed by atoms with van der Waals surface area (Å²) < 4.78 is 1.74. The van der Waals surface area contributed by atoms with Gasteiger partial charge in [-0.25, -0.2) is 9.97 Å². The first-order chi connectivity index (χ1) is 14.5. The first kappa shape index (κ1) is 20.0. The van der Waals surface area contributed by atoms with Crippen LogP contribution in [0.25, 0.3) is 10.9 Å². The molecule has 2 aromatic heterocycles. The molecular weight excluding hydrogens is 382 g/mol. The number of benzene rings is 1. The zero-order chi connectivity index (χ0) is 21.1. The molecule has 0 bridgehead atoms. The van der Waals surface area contributed by atoms with Crippen molar-refractivity contribution in [2.24, 2.45) is 13.0 Å². The van der Waals surface area contributed by atoms with Gasteiger partial charge in [0.25, 0.3) is 5.56 Å². The van der Waals surface area contributed by atoms with E-state index < -0.39 is 0 Å². The molecule has 0 spiro atoms. The molecule has 1 N–H and O–H groups in total. The average molecular weight is 407 g/mol. The summed E-state index contributed by atoms with van der Waals surface area (Å²) in [6, 6.07) is 7.22. The second kappa shape index (κ2) is 8.61. The van der Waals surface area contributed by atoms with Gasteiger partial charge in [-0.2, -0.15) is 0 Å². The van der Waals surface area contributed by atoms with Gasteiger partial charge in [-0.3, -0.25) is 14.4 Å². The maximum Gasteiger partial charge on any atom is 0.258 e. The number of likely N-dealkylation sites (tertiary alicyclic amines) is 1. The molecule has 8 heteroatoms. The summed E-state index contributed by atoms with van der Waals surface area (Å²) in [5.74, 6) is 1.14. The maximum absolute atomic E-state index is 12.6. The second-order valence-electron chi connectivity index (χ2n) is 7.76. The van der Waals surface area contributed by atoms with E-state index in [1.54, 1.807) is 23.0 Å². The minimum Gasteiger partial charge on any atom is -0.343 e. The van der Waals surface area contributed by atoms with Crippen molar-refractivity contribution < 1.29 is 9.59 Å². The molecule has 0 radical (unpaired) electrons. The van der Waals surface area contributed by atoms with E-state index in [0.717, 1.165) is 0 Å². The van der Waals surface area contributed by atoms with E-state index in [1.165, 1.54) is 0 Å². The number of fused-ring (bicyclic) bond motifs is 1. The molecule has 1 fully saturated rings. The predicted molar refractivity (Wildman–Crippen MR) is 112 cm³/mol. The molecule has 4 rings (SSSR count). The molecule has 1 aliphatic heterocycles. The normalized spacial score (nSPS) is 14.9. The van der Waals surface area contributed by atoms with Crippen molar-refractivity contribution in [2.45, 2.75) is 32.1 Å². The smallest absolute Gasteiger partial charge is 0.258 e. The van der Waals surface area contributed by atoms with Gasteiger partial charge < -0.3 is 14.5 Å². The van der Waals surface area contributed by atoms with Crippen molar-refractivity contribution in [3.63, 3.8) is 0 Å². The van der Waals surface area contributed by atoms with Crippen LogP contribution in [0.2, 0.25) is 0 Å². The van der Waals surface area contributed by atoms with E-state index in [0.29, 0.717) is 67.7 Å². The van der Waals surface area contributed by atoms with E-state index in [9.17, 15) is 14.4 Å². The van der Waals surface area contributed by atoms with E-state index in [2.05, 4.69) is 15.0 Å². The van der Waals surface area contributed by atoms with Gasteiger partial charge >= 0.3 is 0 Å².